The maximum atomic E-state index is 6.20. The van der Waals surface area contributed by atoms with E-state index in [2.05, 4.69) is 12.1 Å². The fourth-order valence-corrected chi connectivity index (χ4v) is 7.41. The van der Waals surface area contributed by atoms with E-state index in [4.69, 9.17) is 63.6 Å². The second kappa shape index (κ2) is 24.5. The zero-order valence-corrected chi connectivity index (χ0v) is 40.4. The SMILES string of the molecule is COCCOCCOCCOc1cccc(-c2c3nc(c(-c4ccc(N)cc4)c4ccc([n-]4)c(-c4cccc(OCCOCCOCCOC)c4)c4nc(cc5ccc2[n-]5)C=C4)C=C3)c1.[Zn+2]. The van der Waals surface area contributed by atoms with E-state index in [-0.39, 0.29) is 19.5 Å². The van der Waals surface area contributed by atoms with Gasteiger partial charge in [-0.2, -0.15) is 0 Å². The zero-order chi connectivity index (χ0) is 44.6. The molecule has 3 aromatic heterocycles. The van der Waals surface area contributed by atoms with Gasteiger partial charge in [-0.1, -0.05) is 66.7 Å². The number of rotatable bonds is 23. The Morgan fingerprint density at radius 2 is 0.894 bits per heavy atom. The molecule has 14 heteroatoms. The number of nitrogens with zero attached hydrogens (tertiary/aromatic N) is 4. The molecule has 2 N–H and O–H groups in total. The van der Waals surface area contributed by atoms with Crippen LogP contribution in [0.3, 0.4) is 0 Å². The van der Waals surface area contributed by atoms with Crippen molar-refractivity contribution in [2.24, 2.45) is 0 Å². The first-order valence-corrected chi connectivity index (χ1v) is 21.7. The van der Waals surface area contributed by atoms with Crippen molar-refractivity contribution in [2.45, 2.75) is 0 Å². The molecular weight excluding hydrogens is 888 g/mol. The molecule has 0 amide bonds. The van der Waals surface area contributed by atoms with Gasteiger partial charge in [0.15, 0.2) is 0 Å². The summed E-state index contributed by atoms with van der Waals surface area (Å²) < 4.78 is 44.8. The van der Waals surface area contributed by atoms with Gasteiger partial charge in [-0.3, -0.25) is 0 Å². The number of nitrogens with two attached hydrogens (primary N) is 1. The summed E-state index contributed by atoms with van der Waals surface area (Å²) in [4.78, 5) is 20.9. The molecule has 0 unspecified atom stereocenters. The van der Waals surface area contributed by atoms with E-state index in [9.17, 15) is 0 Å². The first-order chi connectivity index (χ1) is 32.1. The van der Waals surface area contributed by atoms with Crippen LogP contribution < -0.4 is 25.2 Å². The Labute approximate surface area is 397 Å². The fraction of sp³-hybridized carbons (Fsp3) is 0.269. The van der Waals surface area contributed by atoms with Crippen molar-refractivity contribution in [1.82, 2.24) is 19.9 Å². The minimum Gasteiger partial charge on any atom is -0.657 e. The molecule has 6 aromatic rings. The molecule has 0 atom stereocenters. The van der Waals surface area contributed by atoms with Crippen LogP contribution in [0.4, 0.5) is 5.69 Å². The Balaban J connectivity index is 0.00000648. The smallest absolute Gasteiger partial charge is 0.657 e. The minimum absolute atomic E-state index is 0. The van der Waals surface area contributed by atoms with Crippen LogP contribution in [0, 0.1) is 0 Å². The normalized spacial score (nSPS) is 11.8. The molecule has 0 saturated heterocycles. The van der Waals surface area contributed by atoms with Gasteiger partial charge in [-0.15, -0.1) is 22.1 Å². The van der Waals surface area contributed by atoms with Crippen molar-refractivity contribution in [3.63, 3.8) is 0 Å². The van der Waals surface area contributed by atoms with E-state index in [1.165, 1.54) is 0 Å². The summed E-state index contributed by atoms with van der Waals surface area (Å²) >= 11 is 0. The van der Waals surface area contributed by atoms with Crippen LogP contribution in [0.5, 0.6) is 11.5 Å². The average Bonchev–Trinajstić information content (AvgIpc) is 4.17. The van der Waals surface area contributed by atoms with Crippen molar-refractivity contribution < 1.29 is 57.4 Å². The molecule has 8 bridgehead atoms. The van der Waals surface area contributed by atoms with Crippen molar-refractivity contribution in [2.75, 3.05) is 99.2 Å². The Hall–Kier alpha value is -5.96. The van der Waals surface area contributed by atoms with Crippen molar-refractivity contribution >= 4 is 52.1 Å². The summed E-state index contributed by atoms with van der Waals surface area (Å²) in [6.07, 6.45) is 8.10. The molecule has 2 aliphatic heterocycles. The molecule has 66 heavy (non-hydrogen) atoms. The van der Waals surface area contributed by atoms with Gasteiger partial charge in [-0.05, 0) is 94.1 Å². The number of methoxy groups -OCH3 is 2. The zero-order valence-electron chi connectivity index (χ0n) is 37.4. The van der Waals surface area contributed by atoms with E-state index >= 15 is 0 Å². The Morgan fingerprint density at radius 1 is 0.439 bits per heavy atom. The summed E-state index contributed by atoms with van der Waals surface area (Å²) in [5, 5.41) is 0. The second-order valence-corrected chi connectivity index (χ2v) is 15.0. The average molecular weight is 941 g/mol. The number of benzene rings is 3. The van der Waals surface area contributed by atoms with Gasteiger partial charge in [0.1, 0.15) is 24.7 Å². The van der Waals surface area contributed by atoms with Crippen LogP contribution in [-0.2, 0) is 47.9 Å². The summed E-state index contributed by atoms with van der Waals surface area (Å²) in [7, 11) is 3.30. The summed E-state index contributed by atoms with van der Waals surface area (Å²) in [6, 6.07) is 33.8. The molecule has 336 valence electrons. The number of anilines is 1. The van der Waals surface area contributed by atoms with E-state index < -0.39 is 0 Å². The maximum Gasteiger partial charge on any atom is 2.00 e. The largest absolute Gasteiger partial charge is 2.00 e. The molecule has 2 aliphatic rings. The van der Waals surface area contributed by atoms with E-state index in [1.807, 2.05) is 115 Å². The third kappa shape index (κ3) is 12.7. The van der Waals surface area contributed by atoms with E-state index in [0.717, 1.165) is 78.2 Å². The quantitative estimate of drug-likeness (QED) is 0.0370. The van der Waals surface area contributed by atoms with Crippen molar-refractivity contribution in [3.8, 4) is 44.9 Å². The van der Waals surface area contributed by atoms with Gasteiger partial charge in [0.25, 0.3) is 0 Å². The first-order valence-electron chi connectivity index (χ1n) is 21.7. The molecule has 0 radical (unpaired) electrons. The van der Waals surface area contributed by atoms with Crippen molar-refractivity contribution in [3.05, 3.63) is 126 Å². The number of hydrogen-bond donors (Lipinski definition) is 1. The summed E-state index contributed by atoms with van der Waals surface area (Å²) in [6.45, 7) is 5.74. The topological polar surface area (TPSA) is 154 Å². The van der Waals surface area contributed by atoms with Gasteiger partial charge >= 0.3 is 19.5 Å². The van der Waals surface area contributed by atoms with Gasteiger partial charge in [0.2, 0.25) is 0 Å². The number of ether oxygens (including phenoxy) is 8. The molecular formula is C52H53N5O8Zn. The Morgan fingerprint density at radius 3 is 1.44 bits per heavy atom. The third-order valence-corrected chi connectivity index (χ3v) is 10.5. The molecule has 13 nitrogen and oxygen atoms in total. The number of aromatic nitrogens is 4. The fourth-order valence-electron chi connectivity index (χ4n) is 7.41. The molecule has 3 aromatic carbocycles. The predicted octanol–water partition coefficient (Wildman–Crippen LogP) is 8.61. The van der Waals surface area contributed by atoms with Crippen LogP contribution >= 0.6 is 0 Å². The molecule has 8 rings (SSSR count). The number of nitrogen functional groups attached to an aromatic ring is 1. The van der Waals surface area contributed by atoms with Crippen LogP contribution in [0.25, 0.3) is 79.8 Å². The van der Waals surface area contributed by atoms with Crippen LogP contribution in [0.15, 0.2) is 103 Å². The van der Waals surface area contributed by atoms with Gasteiger partial charge in [-0.25, -0.2) is 9.97 Å². The van der Waals surface area contributed by atoms with Gasteiger partial charge in [0, 0.05) is 19.9 Å². The summed E-state index contributed by atoms with van der Waals surface area (Å²) in [5.74, 6) is 1.41. The van der Waals surface area contributed by atoms with Crippen LogP contribution in [0.1, 0.15) is 22.8 Å². The molecule has 5 heterocycles. The molecule has 0 spiro atoms. The standard InChI is InChI=1S/C52H53N5O8.Zn/c1-58-21-23-60-25-27-62-29-31-64-42-7-3-5-37(33-42)51-44-15-13-40(54-44)35-41-14-16-45(55-41)52(38-6-4-8-43(34-38)65-32-30-63-28-26-61-24-22-59-2)49-20-18-47(57-49)50(46-17-19-48(51)56-46)36-9-11-39(53)12-10-36;/h3-20,33-35H,21-32,53H2,1-2H3;/q-2;+2. The Kier molecular flexibility index (Phi) is 17.8. The molecule has 0 aliphatic carbocycles. The van der Waals surface area contributed by atoms with E-state index in [0.29, 0.717) is 96.5 Å². The predicted molar refractivity (Wildman–Crippen MR) is 256 cm³/mol. The van der Waals surface area contributed by atoms with E-state index in [1.54, 1.807) is 14.2 Å². The molecule has 0 fully saturated rings. The first kappa shape index (κ1) is 48.0. The third-order valence-electron chi connectivity index (χ3n) is 10.5. The maximum absolute atomic E-state index is 6.20. The minimum atomic E-state index is 0. The number of hydrogen-bond acceptors (Lipinski definition) is 11. The Bertz CT molecular complexity index is 2690. The number of fused-ring (bicyclic) bond motifs is 8. The van der Waals surface area contributed by atoms with Crippen LogP contribution in [-0.4, -0.2) is 103 Å². The monoisotopic (exact) mass is 939 g/mol. The second-order valence-electron chi connectivity index (χ2n) is 15.0. The van der Waals surface area contributed by atoms with Gasteiger partial charge < -0.3 is 53.6 Å². The van der Waals surface area contributed by atoms with Crippen LogP contribution in [0.2, 0.25) is 0 Å². The van der Waals surface area contributed by atoms with Crippen molar-refractivity contribution in [1.29, 1.82) is 0 Å². The van der Waals surface area contributed by atoms with Gasteiger partial charge in [0.05, 0.1) is 88.8 Å². The molecule has 0 saturated carbocycles. The summed E-state index contributed by atoms with van der Waals surface area (Å²) in [5.41, 5.74) is 18.2.